The Labute approximate surface area is 106 Å². The number of hydrogen-bond acceptors (Lipinski definition) is 3. The summed E-state index contributed by atoms with van der Waals surface area (Å²) < 4.78 is 0. The fourth-order valence-electron chi connectivity index (χ4n) is 3.14. The topological polar surface area (TPSA) is 9.72 Å². The van der Waals surface area contributed by atoms with Gasteiger partial charge in [-0.25, -0.2) is 0 Å². The number of piperazine rings is 1. The average Bonchev–Trinajstić information content (AvgIpc) is 2.97. The molecule has 3 rings (SSSR count). The van der Waals surface area contributed by atoms with Crippen molar-refractivity contribution in [1.82, 2.24) is 14.7 Å². The first-order valence-corrected chi connectivity index (χ1v) is 7.27. The molecule has 0 aromatic rings. The monoisotopic (exact) mass is 237 g/mol. The summed E-state index contributed by atoms with van der Waals surface area (Å²) in [5, 5.41) is 0. The molecular formula is C14H27N3. The molecule has 2 aliphatic heterocycles. The molecule has 1 saturated carbocycles. The Bertz CT molecular complexity index is 266. The largest absolute Gasteiger partial charge is 0.298 e. The summed E-state index contributed by atoms with van der Waals surface area (Å²) >= 11 is 0. The molecule has 0 amide bonds. The molecule has 2 saturated heterocycles. The van der Waals surface area contributed by atoms with Crippen LogP contribution in [0.2, 0.25) is 0 Å². The number of nitrogens with zero attached hydrogens (tertiary/aromatic N) is 3. The molecular weight excluding hydrogens is 210 g/mol. The van der Waals surface area contributed by atoms with Gasteiger partial charge in [-0.15, -0.1) is 0 Å². The van der Waals surface area contributed by atoms with Crippen LogP contribution in [-0.4, -0.2) is 71.6 Å². The standard InChI is InChI=1S/C14H27N3/c1-14(2,3)17-10-13(11-17)16-8-6-15(7-9-16)12-4-5-12/h12-13H,4-11H2,1-3H3. The van der Waals surface area contributed by atoms with Crippen LogP contribution in [0, 0.1) is 0 Å². The van der Waals surface area contributed by atoms with Crippen molar-refractivity contribution in [2.75, 3.05) is 39.3 Å². The molecule has 3 nitrogen and oxygen atoms in total. The van der Waals surface area contributed by atoms with E-state index in [1.165, 1.54) is 52.1 Å². The average molecular weight is 237 g/mol. The Kier molecular flexibility index (Phi) is 2.96. The van der Waals surface area contributed by atoms with E-state index in [1.807, 2.05) is 0 Å². The highest BCUT2D eigenvalue weighted by Gasteiger charge is 2.39. The Hall–Kier alpha value is -0.120. The molecule has 3 heteroatoms. The fourth-order valence-corrected chi connectivity index (χ4v) is 3.14. The second-order valence-corrected chi connectivity index (χ2v) is 7.03. The van der Waals surface area contributed by atoms with Crippen LogP contribution in [-0.2, 0) is 0 Å². The summed E-state index contributed by atoms with van der Waals surface area (Å²) in [6.07, 6.45) is 2.92. The lowest BCUT2D eigenvalue weighted by atomic mass is 9.96. The van der Waals surface area contributed by atoms with Crippen molar-refractivity contribution in [3.8, 4) is 0 Å². The van der Waals surface area contributed by atoms with Crippen molar-refractivity contribution in [3.63, 3.8) is 0 Å². The van der Waals surface area contributed by atoms with E-state index < -0.39 is 0 Å². The molecule has 98 valence electrons. The van der Waals surface area contributed by atoms with Crippen molar-refractivity contribution in [3.05, 3.63) is 0 Å². The fraction of sp³-hybridized carbons (Fsp3) is 1.00. The summed E-state index contributed by atoms with van der Waals surface area (Å²) in [7, 11) is 0. The van der Waals surface area contributed by atoms with Crippen LogP contribution < -0.4 is 0 Å². The molecule has 17 heavy (non-hydrogen) atoms. The van der Waals surface area contributed by atoms with Gasteiger partial charge in [0.05, 0.1) is 0 Å². The second kappa shape index (κ2) is 4.22. The van der Waals surface area contributed by atoms with Gasteiger partial charge in [0.2, 0.25) is 0 Å². The van der Waals surface area contributed by atoms with Gasteiger partial charge in [0.15, 0.2) is 0 Å². The molecule has 0 aromatic heterocycles. The molecule has 3 fully saturated rings. The van der Waals surface area contributed by atoms with Crippen molar-refractivity contribution in [1.29, 1.82) is 0 Å². The summed E-state index contributed by atoms with van der Waals surface area (Å²) in [4.78, 5) is 8.03. The number of hydrogen-bond donors (Lipinski definition) is 0. The van der Waals surface area contributed by atoms with Crippen LogP contribution in [0.5, 0.6) is 0 Å². The highest BCUT2D eigenvalue weighted by Crippen LogP contribution is 2.29. The van der Waals surface area contributed by atoms with Crippen molar-refractivity contribution >= 4 is 0 Å². The van der Waals surface area contributed by atoms with E-state index in [1.54, 1.807) is 0 Å². The third kappa shape index (κ3) is 2.51. The van der Waals surface area contributed by atoms with E-state index in [0.717, 1.165) is 12.1 Å². The molecule has 0 aromatic carbocycles. The summed E-state index contributed by atoms with van der Waals surface area (Å²) in [5.41, 5.74) is 0.367. The summed E-state index contributed by atoms with van der Waals surface area (Å²) in [5.74, 6) is 0. The maximum atomic E-state index is 2.72. The van der Waals surface area contributed by atoms with Crippen LogP contribution in [0.3, 0.4) is 0 Å². The highest BCUT2D eigenvalue weighted by molar-refractivity contribution is 4.96. The van der Waals surface area contributed by atoms with Gasteiger partial charge in [0.1, 0.15) is 0 Å². The van der Waals surface area contributed by atoms with Crippen molar-refractivity contribution < 1.29 is 0 Å². The van der Waals surface area contributed by atoms with E-state index in [9.17, 15) is 0 Å². The van der Waals surface area contributed by atoms with Gasteiger partial charge in [0.25, 0.3) is 0 Å². The van der Waals surface area contributed by atoms with E-state index in [-0.39, 0.29) is 0 Å². The molecule has 0 unspecified atom stereocenters. The molecule has 0 radical (unpaired) electrons. The summed E-state index contributed by atoms with van der Waals surface area (Å²) in [6.45, 7) is 14.8. The Balaban J connectivity index is 1.43. The first kappa shape index (κ1) is 11.9. The smallest absolute Gasteiger partial charge is 0.0351 e. The van der Waals surface area contributed by atoms with Crippen LogP contribution in [0.25, 0.3) is 0 Å². The van der Waals surface area contributed by atoms with Gasteiger partial charge in [-0.05, 0) is 33.6 Å². The van der Waals surface area contributed by atoms with Gasteiger partial charge in [0, 0.05) is 56.9 Å². The Morgan fingerprint density at radius 1 is 0.765 bits per heavy atom. The lowest BCUT2D eigenvalue weighted by molar-refractivity contribution is -0.0383. The van der Waals surface area contributed by atoms with Gasteiger partial charge >= 0.3 is 0 Å². The van der Waals surface area contributed by atoms with Gasteiger partial charge < -0.3 is 0 Å². The number of rotatable bonds is 2. The van der Waals surface area contributed by atoms with E-state index >= 15 is 0 Å². The number of likely N-dealkylation sites (tertiary alicyclic amines) is 1. The Morgan fingerprint density at radius 3 is 1.65 bits per heavy atom. The zero-order valence-electron chi connectivity index (χ0n) is 11.7. The highest BCUT2D eigenvalue weighted by atomic mass is 15.4. The minimum atomic E-state index is 0.367. The van der Waals surface area contributed by atoms with E-state index in [4.69, 9.17) is 0 Å². The van der Waals surface area contributed by atoms with Crippen LogP contribution >= 0.6 is 0 Å². The maximum Gasteiger partial charge on any atom is 0.0351 e. The molecule has 0 atom stereocenters. The maximum absolute atomic E-state index is 2.72. The van der Waals surface area contributed by atoms with Gasteiger partial charge in [-0.3, -0.25) is 14.7 Å². The SMILES string of the molecule is CC(C)(C)N1CC(N2CCN(C3CC3)CC2)C1. The Morgan fingerprint density at radius 2 is 1.24 bits per heavy atom. The summed E-state index contributed by atoms with van der Waals surface area (Å²) in [6, 6.07) is 1.81. The molecule has 0 N–H and O–H groups in total. The molecule has 1 aliphatic carbocycles. The van der Waals surface area contributed by atoms with Crippen LogP contribution in [0.4, 0.5) is 0 Å². The van der Waals surface area contributed by atoms with Crippen LogP contribution in [0.15, 0.2) is 0 Å². The van der Waals surface area contributed by atoms with Crippen molar-refractivity contribution in [2.24, 2.45) is 0 Å². The lowest BCUT2D eigenvalue weighted by Crippen LogP contribution is -2.66. The first-order chi connectivity index (χ1) is 8.04. The molecule has 0 bridgehead atoms. The quantitative estimate of drug-likeness (QED) is 0.716. The second-order valence-electron chi connectivity index (χ2n) is 7.03. The predicted molar refractivity (Wildman–Crippen MR) is 71.3 cm³/mol. The molecule has 2 heterocycles. The zero-order chi connectivity index (χ0) is 12.0. The van der Waals surface area contributed by atoms with Gasteiger partial charge in [-0.2, -0.15) is 0 Å². The van der Waals surface area contributed by atoms with Crippen molar-refractivity contribution in [2.45, 2.75) is 51.2 Å². The molecule has 3 aliphatic rings. The van der Waals surface area contributed by atoms with E-state index in [0.29, 0.717) is 5.54 Å². The minimum absolute atomic E-state index is 0.367. The first-order valence-electron chi connectivity index (χ1n) is 7.27. The van der Waals surface area contributed by atoms with Crippen LogP contribution in [0.1, 0.15) is 33.6 Å². The van der Waals surface area contributed by atoms with E-state index in [2.05, 4.69) is 35.5 Å². The van der Waals surface area contributed by atoms with Gasteiger partial charge in [-0.1, -0.05) is 0 Å². The normalized spacial score (nSPS) is 30.5. The third-order valence-electron chi connectivity index (χ3n) is 4.74. The third-order valence-corrected chi connectivity index (χ3v) is 4.74. The lowest BCUT2D eigenvalue weighted by Gasteiger charge is -2.53. The molecule has 0 spiro atoms. The zero-order valence-corrected chi connectivity index (χ0v) is 11.7. The minimum Gasteiger partial charge on any atom is -0.298 e. The predicted octanol–water partition coefficient (Wildman–Crippen LogP) is 1.25.